The Kier molecular flexibility index (Phi) is 28.1. The van der Waals surface area contributed by atoms with E-state index < -0.39 is 0 Å². The molecule has 11 rings (SSSR count). The minimum atomic E-state index is -0.132. The minimum Gasteiger partial charge on any atom is -0.395 e. The summed E-state index contributed by atoms with van der Waals surface area (Å²) in [5, 5.41) is 89.6. The van der Waals surface area contributed by atoms with Crippen molar-refractivity contribution in [2.75, 3.05) is 233 Å². The Bertz CT molecular complexity index is 3200. The molecule has 518 valence electrons. The van der Waals surface area contributed by atoms with Crippen LogP contribution in [0.25, 0.3) is 33.1 Å². The topological polar surface area (TPSA) is 378 Å². The molecule has 5 aliphatic rings. The number of aromatic nitrogens is 12. The van der Waals surface area contributed by atoms with Gasteiger partial charge in [0.15, 0.2) is 34.9 Å². The monoisotopic (exact) mass is 1330 g/mol. The smallest absolute Gasteiger partial charge is 0.228 e. The Hall–Kier alpha value is -6.81. The number of nitrogens with one attached hydrogen (secondary N) is 1. The van der Waals surface area contributed by atoms with Crippen molar-refractivity contribution in [1.29, 1.82) is 0 Å². The van der Waals surface area contributed by atoms with Gasteiger partial charge in [0.25, 0.3) is 0 Å². The quantitative estimate of drug-likeness (QED) is 0.0313. The van der Waals surface area contributed by atoms with Crippen LogP contribution in [-0.2, 0) is 0 Å². The van der Waals surface area contributed by atoms with Gasteiger partial charge in [-0.25, -0.2) is 34.9 Å². The van der Waals surface area contributed by atoms with Crippen molar-refractivity contribution in [2.24, 2.45) is 0 Å². The zero-order valence-corrected chi connectivity index (χ0v) is 55.5. The summed E-state index contributed by atoms with van der Waals surface area (Å²) >= 11 is 6.27. The minimum absolute atomic E-state index is 0.110. The number of halogens is 1. The average molecular weight is 1330 g/mol. The van der Waals surface area contributed by atoms with E-state index in [2.05, 4.69) is 49.8 Å². The lowest BCUT2D eigenvalue weighted by atomic mass is 10.1. The molecule has 0 atom stereocenters. The molecule has 6 aromatic rings. The van der Waals surface area contributed by atoms with Gasteiger partial charge >= 0.3 is 0 Å². The number of anilines is 10. The van der Waals surface area contributed by atoms with Crippen LogP contribution in [0.1, 0.15) is 102 Å². The second-order valence-electron chi connectivity index (χ2n) is 24.0. The molecule has 6 aromatic heterocycles. The number of hydrogen-bond donors (Lipinski definition) is 10. The largest absolute Gasteiger partial charge is 0.395 e. The predicted molar refractivity (Wildman–Crippen MR) is 367 cm³/mol. The molecular weight excluding hydrogens is 1230 g/mol. The summed E-state index contributed by atoms with van der Waals surface area (Å²) < 4.78 is 0. The molecule has 0 radical (unpaired) electrons. The molecule has 10 N–H and O–H groups in total. The van der Waals surface area contributed by atoms with Gasteiger partial charge in [0.05, 0.1) is 59.5 Å². The first-order chi connectivity index (χ1) is 46.1. The summed E-state index contributed by atoms with van der Waals surface area (Å²) in [5.41, 5.74) is 3.81. The highest BCUT2D eigenvalue weighted by Gasteiger charge is 2.30. The molecule has 0 saturated carbocycles. The van der Waals surface area contributed by atoms with Crippen molar-refractivity contribution < 1.29 is 46.0 Å². The van der Waals surface area contributed by atoms with E-state index in [-0.39, 0.29) is 124 Å². The van der Waals surface area contributed by atoms with Crippen LogP contribution in [0, 0.1) is 6.92 Å². The molecule has 11 heterocycles. The summed E-state index contributed by atoms with van der Waals surface area (Å²) in [5.74, 6) is 6.54. The summed E-state index contributed by atoms with van der Waals surface area (Å²) in [6.07, 6.45) is 17.3. The van der Waals surface area contributed by atoms with E-state index in [1.807, 2.05) is 11.8 Å². The van der Waals surface area contributed by atoms with Gasteiger partial charge in [-0.05, 0) is 115 Å². The first-order valence-electron chi connectivity index (χ1n) is 34.0. The van der Waals surface area contributed by atoms with E-state index in [1.165, 1.54) is 51.4 Å². The van der Waals surface area contributed by atoms with Gasteiger partial charge in [0.2, 0.25) is 29.1 Å². The van der Waals surface area contributed by atoms with Crippen LogP contribution in [0.5, 0.6) is 0 Å². The first kappa shape index (κ1) is 71.5. The molecule has 0 aliphatic carbocycles. The van der Waals surface area contributed by atoms with Gasteiger partial charge in [-0.2, -0.15) is 24.9 Å². The molecule has 0 aromatic carbocycles. The van der Waals surface area contributed by atoms with Gasteiger partial charge < -0.3 is 95.4 Å². The van der Waals surface area contributed by atoms with Crippen molar-refractivity contribution in [3.63, 3.8) is 0 Å². The Morgan fingerprint density at radius 3 is 1.10 bits per heavy atom. The highest BCUT2D eigenvalue weighted by atomic mass is 35.5. The summed E-state index contributed by atoms with van der Waals surface area (Å²) in [7, 11) is 0. The van der Waals surface area contributed by atoms with Crippen LogP contribution in [0.15, 0.2) is 0 Å². The second-order valence-corrected chi connectivity index (χ2v) is 24.4. The number of hydrogen-bond acceptors (Lipinski definition) is 31. The van der Waals surface area contributed by atoms with Crippen LogP contribution in [-0.4, -0.2) is 290 Å². The Morgan fingerprint density at radius 2 is 0.660 bits per heavy atom. The standard InChI is InChI=1S/C24H40N8O4.C21H36N8O5.C17H23ClN6/c33-15-11-30(12-16-34)22-20-19(26-24(28-22)32(13-17-35)14-18-36)21(29-7-3-1-4-8-29)27-23(25-20)31-9-5-2-6-10-31;30-11-4-22-18-16-17(24-20(25-18)28(7-12-31)8-13-32)19(27-5-2-1-3-6-27)26-21(23-16)29(9-14-33)10-15-34;1-12-19-13-14(15(20-12)23-8-4-2-5-9-23)21-17(18)22-16(13)24-10-6-3-7-11-24/h33-36H,1-18H2;30-34H,1-15H2,(H,22,24,25);2-11H2,1H3. The third-order valence-electron chi connectivity index (χ3n) is 17.3. The number of aliphatic hydroxyl groups is 9. The number of rotatable bonds is 28. The van der Waals surface area contributed by atoms with Crippen LogP contribution in [0.3, 0.4) is 0 Å². The molecular formula is C62H99ClN22O9. The van der Waals surface area contributed by atoms with E-state index in [4.69, 9.17) is 51.5 Å². The van der Waals surface area contributed by atoms with E-state index in [1.54, 1.807) is 14.7 Å². The van der Waals surface area contributed by atoms with Gasteiger partial charge in [-0.3, -0.25) is 0 Å². The number of fused-ring (bicyclic) bond motifs is 3. The summed E-state index contributed by atoms with van der Waals surface area (Å²) in [6, 6.07) is 0. The second kappa shape index (κ2) is 36.9. The fraction of sp³-hybridized carbons (Fsp3) is 0.710. The number of aryl methyl sites for hydroxylation is 1. The number of aliphatic hydroxyl groups excluding tert-OH is 9. The fourth-order valence-electron chi connectivity index (χ4n) is 12.7. The first-order valence-corrected chi connectivity index (χ1v) is 34.3. The van der Waals surface area contributed by atoms with Gasteiger partial charge in [0, 0.05) is 124 Å². The third kappa shape index (κ3) is 18.4. The molecule has 0 bridgehead atoms. The van der Waals surface area contributed by atoms with Crippen molar-refractivity contribution >= 4 is 103 Å². The van der Waals surface area contributed by atoms with Crippen molar-refractivity contribution in [3.8, 4) is 0 Å². The van der Waals surface area contributed by atoms with E-state index in [0.717, 1.165) is 145 Å². The van der Waals surface area contributed by atoms with Crippen LogP contribution in [0.4, 0.5) is 58.7 Å². The molecule has 94 heavy (non-hydrogen) atoms. The van der Waals surface area contributed by atoms with Crippen LogP contribution < -0.4 is 49.4 Å². The summed E-state index contributed by atoms with van der Waals surface area (Å²) in [6.45, 7) is 12.4. The number of nitrogens with zero attached hydrogens (tertiary/aromatic N) is 21. The molecule has 32 heteroatoms. The molecule has 31 nitrogen and oxygen atoms in total. The van der Waals surface area contributed by atoms with Crippen molar-refractivity contribution in [2.45, 2.75) is 103 Å². The highest BCUT2D eigenvalue weighted by molar-refractivity contribution is 6.29. The Labute approximate surface area is 554 Å². The van der Waals surface area contributed by atoms with Crippen molar-refractivity contribution in [3.05, 3.63) is 11.1 Å². The zero-order valence-electron chi connectivity index (χ0n) is 54.7. The Morgan fingerprint density at radius 1 is 0.319 bits per heavy atom. The maximum absolute atomic E-state index is 9.77. The number of piperidine rings is 5. The van der Waals surface area contributed by atoms with Gasteiger partial charge in [-0.1, -0.05) is 0 Å². The highest BCUT2D eigenvalue weighted by Crippen LogP contribution is 2.37. The third-order valence-corrected chi connectivity index (χ3v) is 17.5. The lowest BCUT2D eigenvalue weighted by Crippen LogP contribution is -2.36. The molecule has 5 fully saturated rings. The molecule has 5 aliphatic heterocycles. The van der Waals surface area contributed by atoms with Gasteiger partial charge in [0.1, 0.15) is 38.9 Å². The SMILES string of the molecule is Cc1nc(N2CCCCC2)c2nc(Cl)nc(N3CCCCC3)c2n1.OCCN(CCO)c1nc(N(CCO)CCO)c2nc(N3CCCCC3)nc(N3CCCCC3)c2n1.OCCNc1nc(N(CCO)CCO)nc2c(N3CCCCC3)nc(N(CCO)CCO)nc12. The molecule has 0 spiro atoms. The van der Waals surface area contributed by atoms with E-state index >= 15 is 0 Å². The molecule has 0 amide bonds. The van der Waals surface area contributed by atoms with E-state index in [9.17, 15) is 46.0 Å². The van der Waals surface area contributed by atoms with Gasteiger partial charge in [-0.15, -0.1) is 0 Å². The maximum Gasteiger partial charge on any atom is 0.228 e. The van der Waals surface area contributed by atoms with Crippen LogP contribution >= 0.6 is 11.6 Å². The normalized spacial score (nSPS) is 16.3. The van der Waals surface area contributed by atoms with Crippen LogP contribution in [0.2, 0.25) is 5.28 Å². The maximum atomic E-state index is 9.77. The van der Waals surface area contributed by atoms with E-state index in [0.29, 0.717) is 63.3 Å². The fourth-order valence-corrected chi connectivity index (χ4v) is 12.9. The molecule has 0 unspecified atom stereocenters. The molecule has 5 saturated heterocycles. The predicted octanol–water partition coefficient (Wildman–Crippen LogP) is 1.74. The lowest BCUT2D eigenvalue weighted by Gasteiger charge is -2.32. The summed E-state index contributed by atoms with van der Waals surface area (Å²) in [4.78, 5) is 75.2. The zero-order chi connectivity index (χ0) is 66.2. The Balaban J connectivity index is 0.000000169. The van der Waals surface area contributed by atoms with Crippen molar-refractivity contribution in [1.82, 2.24) is 59.8 Å². The lowest BCUT2D eigenvalue weighted by molar-refractivity contribution is 0.279. The average Bonchev–Trinajstić information content (AvgIpc) is 0.778.